The van der Waals surface area contributed by atoms with Crippen LogP contribution in [0.2, 0.25) is 38.3 Å². The van der Waals surface area contributed by atoms with Crippen molar-refractivity contribution < 1.29 is 53.5 Å². The van der Waals surface area contributed by atoms with E-state index in [1.165, 1.54) is 10.4 Å². The largest absolute Gasteiger partial charge is 0.322 e. The highest BCUT2D eigenvalue weighted by atomic mass is 28.3. The highest BCUT2D eigenvalue weighted by Crippen LogP contribution is 2.33. The zero-order chi connectivity index (χ0) is 50.4. The number of hydrogen-bond donors (Lipinski definition) is 2. The van der Waals surface area contributed by atoms with Crippen LogP contribution < -0.4 is 21.0 Å². The Labute approximate surface area is 391 Å². The average molecular weight is 983 g/mol. The Balaban J connectivity index is 0.000000254. The van der Waals surface area contributed by atoms with E-state index in [0.717, 1.165) is 73.2 Å². The first-order valence-corrected chi connectivity index (χ1v) is 28.4. The first kappa shape index (κ1) is 53.0. The molecule has 0 saturated heterocycles. The van der Waals surface area contributed by atoms with Gasteiger partial charge in [0.15, 0.2) is 34.9 Å². The molecular weight excluding hydrogens is 931 g/mol. The van der Waals surface area contributed by atoms with Gasteiger partial charge in [-0.05, 0) is 96.8 Å². The molecule has 2 amide bonds. The van der Waals surface area contributed by atoms with Gasteiger partial charge < -0.3 is 10.6 Å². The van der Waals surface area contributed by atoms with Crippen LogP contribution in [0.3, 0.4) is 0 Å². The predicted molar refractivity (Wildman–Crippen MR) is 255 cm³/mol. The van der Waals surface area contributed by atoms with Gasteiger partial charge in [-0.25, -0.2) is 43.9 Å². The minimum atomic E-state index is -1.73. The summed E-state index contributed by atoms with van der Waals surface area (Å²) in [6, 6.07) is 19.0. The number of carbonyl (C=O) groups is 2. The molecule has 0 saturated carbocycles. The highest BCUT2D eigenvalue weighted by Gasteiger charge is 2.26. The third-order valence-corrected chi connectivity index (χ3v) is 18.9. The molecule has 4 nitrogen and oxygen atoms in total. The molecule has 16 heteroatoms. The zero-order valence-electron chi connectivity index (χ0n) is 38.9. The maximum absolute atomic E-state index is 14.7. The maximum atomic E-state index is 14.7. The lowest BCUT2D eigenvalue weighted by molar-refractivity contribution is 0.101. The number of unbranched alkanes of at least 4 members (excludes halogenated alkanes) is 2. The normalized spacial score (nSPS) is 11.6. The summed E-state index contributed by atoms with van der Waals surface area (Å²) in [5.41, 5.74) is -0.514. The molecule has 0 bridgehead atoms. The van der Waals surface area contributed by atoms with Gasteiger partial charge >= 0.3 is 0 Å². The molecule has 0 heterocycles. The topological polar surface area (TPSA) is 58.2 Å². The molecule has 0 spiro atoms. The first-order chi connectivity index (χ1) is 31.9. The smallest absolute Gasteiger partial charge is 0.255 e. The van der Waals surface area contributed by atoms with Gasteiger partial charge in [0.25, 0.3) is 11.8 Å². The fraction of sp³-hybridized carbons (Fsp3) is 0.269. The molecule has 68 heavy (non-hydrogen) atoms. The molecule has 0 aliphatic rings. The molecule has 0 unspecified atom stereocenters. The van der Waals surface area contributed by atoms with E-state index >= 15 is 0 Å². The van der Waals surface area contributed by atoms with E-state index in [4.69, 9.17) is 0 Å². The van der Waals surface area contributed by atoms with E-state index in [0.29, 0.717) is 35.4 Å². The Bertz CT molecular complexity index is 2580. The molecule has 360 valence electrons. The van der Waals surface area contributed by atoms with E-state index in [9.17, 15) is 53.5 Å². The van der Waals surface area contributed by atoms with Gasteiger partial charge in [0.1, 0.15) is 23.3 Å². The predicted octanol–water partition coefficient (Wildman–Crippen LogP) is 14.7. The summed E-state index contributed by atoms with van der Waals surface area (Å²) in [6.45, 7) is 17.0. The fourth-order valence-corrected chi connectivity index (χ4v) is 13.2. The number of halogens is 10. The van der Waals surface area contributed by atoms with E-state index in [1.54, 1.807) is 12.1 Å². The molecule has 0 aliphatic heterocycles. The van der Waals surface area contributed by atoms with Gasteiger partial charge in [0, 0.05) is 22.5 Å². The summed E-state index contributed by atoms with van der Waals surface area (Å²) in [5, 5.41) is 7.40. The lowest BCUT2D eigenvalue weighted by atomic mass is 10.0. The van der Waals surface area contributed by atoms with Crippen molar-refractivity contribution >= 4 is 49.7 Å². The van der Waals surface area contributed by atoms with E-state index in [2.05, 4.69) is 50.7 Å². The zero-order valence-corrected chi connectivity index (χ0v) is 40.9. The number of aryl methyl sites for hydroxylation is 2. The molecule has 0 aliphatic carbocycles. The van der Waals surface area contributed by atoms with Crippen LogP contribution in [0, 0.1) is 72.0 Å². The molecule has 6 aromatic rings. The van der Waals surface area contributed by atoms with Crippen LogP contribution in [0.4, 0.5) is 55.3 Å². The lowest BCUT2D eigenvalue weighted by Crippen LogP contribution is -2.41. The number of hydrogen-bond acceptors (Lipinski definition) is 2. The second-order valence-electron chi connectivity index (χ2n) is 18.1. The molecule has 0 radical (unpaired) electrons. The van der Waals surface area contributed by atoms with Crippen molar-refractivity contribution in [3.63, 3.8) is 0 Å². The third-order valence-electron chi connectivity index (χ3n) is 12.0. The van der Waals surface area contributed by atoms with Gasteiger partial charge in [-0.15, -0.1) is 0 Å². The standard InChI is InChI=1S/2C26H26F5NOSi/c2*1-5-6-9-34(3,4)18-7-8-19(15(2)10-18)26(33)32-17-13-20(27)24(21(28)14-17)16-11-22(29)25(31)23(30)12-16/h2*7-8,10-14H,5-6,9H2,1-4H3,(H,32,33). The van der Waals surface area contributed by atoms with Crippen molar-refractivity contribution in [3.05, 3.63) is 165 Å². The Kier molecular flexibility index (Phi) is 17.1. The summed E-state index contributed by atoms with van der Waals surface area (Å²) in [7, 11) is -3.27. The molecule has 2 N–H and O–H groups in total. The number of benzene rings is 6. The van der Waals surface area contributed by atoms with Gasteiger partial charge in [0.2, 0.25) is 0 Å². The van der Waals surface area contributed by atoms with Crippen molar-refractivity contribution in [2.75, 3.05) is 10.6 Å². The summed E-state index contributed by atoms with van der Waals surface area (Å²) in [4.78, 5) is 25.6. The monoisotopic (exact) mass is 982 g/mol. The van der Waals surface area contributed by atoms with Gasteiger partial charge in [-0.3, -0.25) is 9.59 Å². The molecule has 0 fully saturated rings. The highest BCUT2D eigenvalue weighted by molar-refractivity contribution is 6.90. The first-order valence-electron chi connectivity index (χ1n) is 22.0. The van der Waals surface area contributed by atoms with Gasteiger partial charge in [0.05, 0.1) is 27.3 Å². The average Bonchev–Trinajstić information content (AvgIpc) is 3.25. The molecule has 0 aromatic heterocycles. The molecule has 6 aromatic carbocycles. The Morgan fingerprint density at radius 3 is 1.00 bits per heavy atom. The van der Waals surface area contributed by atoms with E-state index < -0.39 is 108 Å². The van der Waals surface area contributed by atoms with Gasteiger partial charge in [-0.2, -0.15) is 0 Å². The van der Waals surface area contributed by atoms with Crippen molar-refractivity contribution in [2.24, 2.45) is 0 Å². The second kappa shape index (κ2) is 22.0. The molecule has 6 rings (SSSR count). The van der Waals surface area contributed by atoms with Crippen molar-refractivity contribution in [1.82, 2.24) is 0 Å². The Morgan fingerprint density at radius 1 is 0.441 bits per heavy atom. The van der Waals surface area contributed by atoms with Crippen LogP contribution in [0.25, 0.3) is 22.3 Å². The summed E-state index contributed by atoms with van der Waals surface area (Å²) >= 11 is 0. The minimum Gasteiger partial charge on any atom is -0.322 e. The molecular formula is C52H52F10N2O2Si2. The SMILES string of the molecule is CCCC[Si](C)(C)c1ccc(C(=O)Nc2cc(F)c(-c3cc(F)c(F)c(F)c3)c(F)c2)c(C)c1.CCCC[Si](C)(C)c1ccc(C(=O)Nc2cc(F)c(-c3cc(F)c(F)c(F)c3)c(F)c2)c(C)c1. The summed E-state index contributed by atoms with van der Waals surface area (Å²) in [6.07, 6.45) is 4.52. The van der Waals surface area contributed by atoms with Crippen LogP contribution >= 0.6 is 0 Å². The molecule has 0 atom stereocenters. The number of anilines is 2. The second-order valence-corrected chi connectivity index (χ2v) is 27.8. The van der Waals surface area contributed by atoms with Crippen molar-refractivity contribution in [3.8, 4) is 22.3 Å². The fourth-order valence-electron chi connectivity index (χ4n) is 7.84. The lowest BCUT2D eigenvalue weighted by Gasteiger charge is -2.24. The number of nitrogens with one attached hydrogen (secondary N) is 2. The van der Waals surface area contributed by atoms with Crippen LogP contribution in [-0.2, 0) is 0 Å². The Hall–Kier alpha value is -6.01. The number of rotatable bonds is 14. The third kappa shape index (κ3) is 12.4. The van der Waals surface area contributed by atoms with Crippen molar-refractivity contribution in [1.29, 1.82) is 0 Å². The van der Waals surface area contributed by atoms with Crippen molar-refractivity contribution in [2.45, 2.75) is 91.7 Å². The summed E-state index contributed by atoms with van der Waals surface area (Å²) < 4.78 is 139. The van der Waals surface area contributed by atoms with Crippen LogP contribution in [0.5, 0.6) is 0 Å². The maximum Gasteiger partial charge on any atom is 0.255 e. The number of amides is 2. The van der Waals surface area contributed by atoms with Crippen LogP contribution in [0.15, 0.2) is 84.9 Å². The minimum absolute atomic E-state index is 0.159. The number of carbonyl (C=O) groups excluding carboxylic acids is 2. The van der Waals surface area contributed by atoms with Gasteiger partial charge in [-0.1, -0.05) is 112 Å². The van der Waals surface area contributed by atoms with E-state index in [-0.39, 0.29) is 11.4 Å². The van der Waals surface area contributed by atoms with E-state index in [1.807, 2.05) is 38.1 Å². The quantitative estimate of drug-likeness (QED) is 0.0649. The van der Waals surface area contributed by atoms with Crippen LogP contribution in [-0.4, -0.2) is 28.0 Å². The summed E-state index contributed by atoms with van der Waals surface area (Å²) in [5.74, 6) is -15.4. The Morgan fingerprint density at radius 2 is 0.735 bits per heavy atom. The van der Waals surface area contributed by atoms with Crippen LogP contribution in [0.1, 0.15) is 71.4 Å².